The molecule has 3 rings (SSSR count). The van der Waals surface area contributed by atoms with Crippen LogP contribution in [0.15, 0.2) is 42.7 Å². The van der Waals surface area contributed by atoms with E-state index in [0.717, 1.165) is 6.20 Å². The smallest absolute Gasteiger partial charge is 0.264 e. The molecule has 0 atom stereocenters. The minimum atomic E-state index is -4.46. The lowest BCUT2D eigenvalue weighted by Crippen LogP contribution is -2.10. The van der Waals surface area contributed by atoms with Gasteiger partial charge in [0.15, 0.2) is 5.15 Å². The predicted octanol–water partition coefficient (Wildman–Crippen LogP) is 4.29. The highest BCUT2D eigenvalue weighted by Crippen LogP contribution is 2.33. The minimum Gasteiger partial charge on any atom is -0.264 e. The van der Waals surface area contributed by atoms with E-state index in [4.69, 9.17) is 11.6 Å². The highest BCUT2D eigenvalue weighted by Gasteiger charge is 2.33. The summed E-state index contributed by atoms with van der Waals surface area (Å²) in [6, 6.07) is 8.43. The van der Waals surface area contributed by atoms with Crippen LogP contribution in [-0.4, -0.2) is 15.2 Å². The Morgan fingerprint density at radius 3 is 2.45 bits per heavy atom. The van der Waals surface area contributed by atoms with Crippen LogP contribution in [0.4, 0.5) is 13.2 Å². The molecule has 3 aromatic rings. The molecule has 0 saturated heterocycles. The van der Waals surface area contributed by atoms with Gasteiger partial charge in [-0.05, 0) is 11.6 Å². The fourth-order valence-corrected chi connectivity index (χ4v) is 2.47. The van der Waals surface area contributed by atoms with E-state index >= 15 is 0 Å². The van der Waals surface area contributed by atoms with E-state index in [1.165, 1.54) is 12.3 Å². The molecule has 0 saturated carbocycles. The minimum absolute atomic E-state index is 0.00203. The first-order valence-corrected chi connectivity index (χ1v) is 6.74. The van der Waals surface area contributed by atoms with Crippen molar-refractivity contribution in [3.8, 4) is 0 Å². The van der Waals surface area contributed by atoms with E-state index in [1.807, 2.05) is 0 Å². The fourth-order valence-electron chi connectivity index (χ4n) is 2.27. The molecule has 0 aliphatic heterocycles. The first-order valence-electron chi connectivity index (χ1n) is 6.36. The van der Waals surface area contributed by atoms with Crippen molar-refractivity contribution >= 4 is 22.4 Å². The van der Waals surface area contributed by atoms with Crippen molar-refractivity contribution < 1.29 is 13.2 Å². The lowest BCUT2D eigenvalue weighted by Gasteiger charge is -2.12. The van der Waals surface area contributed by atoms with Gasteiger partial charge in [0.2, 0.25) is 0 Å². The zero-order valence-electron chi connectivity index (χ0n) is 11.1. The highest BCUT2D eigenvalue weighted by atomic mass is 35.5. The molecule has 0 bridgehead atoms. The molecular formula is C15H9ClF3N3. The highest BCUT2D eigenvalue weighted by molar-refractivity contribution is 6.34. The second kappa shape index (κ2) is 5.53. The third-order valence-electron chi connectivity index (χ3n) is 3.29. The molecule has 3 nitrogen and oxygen atoms in total. The van der Waals surface area contributed by atoms with Crippen LogP contribution in [0.3, 0.4) is 0 Å². The van der Waals surface area contributed by atoms with E-state index in [9.17, 15) is 13.2 Å². The van der Waals surface area contributed by atoms with Crippen LogP contribution in [-0.2, 0) is 12.6 Å². The number of alkyl halides is 3. The monoisotopic (exact) mass is 323 g/mol. The molecule has 0 spiro atoms. The normalized spacial score (nSPS) is 11.8. The standard InChI is InChI=1S/C15H9ClF3N3/c16-14-11-4-2-1-3-10(11)13(21-22-14)7-9-5-6-20-8-12(9)15(17,18)19/h1-6,8H,7H2. The summed E-state index contributed by atoms with van der Waals surface area (Å²) in [4.78, 5) is 3.55. The summed E-state index contributed by atoms with van der Waals surface area (Å²) >= 11 is 5.97. The summed E-state index contributed by atoms with van der Waals surface area (Å²) in [6.45, 7) is 0. The van der Waals surface area contributed by atoms with Crippen molar-refractivity contribution in [1.29, 1.82) is 0 Å². The number of rotatable bonds is 2. The first-order chi connectivity index (χ1) is 10.5. The first kappa shape index (κ1) is 14.7. The third kappa shape index (κ3) is 2.74. The summed E-state index contributed by atoms with van der Waals surface area (Å²) in [5.41, 5.74) is -0.225. The average Bonchev–Trinajstić information content (AvgIpc) is 2.50. The van der Waals surface area contributed by atoms with E-state index in [0.29, 0.717) is 16.5 Å². The van der Waals surface area contributed by atoms with E-state index in [1.54, 1.807) is 24.3 Å². The van der Waals surface area contributed by atoms with Crippen molar-refractivity contribution in [1.82, 2.24) is 15.2 Å². The Morgan fingerprint density at radius 2 is 1.73 bits per heavy atom. The van der Waals surface area contributed by atoms with Gasteiger partial charge in [-0.25, -0.2) is 0 Å². The second-order valence-electron chi connectivity index (χ2n) is 4.69. The van der Waals surface area contributed by atoms with Crippen LogP contribution in [0.25, 0.3) is 10.8 Å². The summed E-state index contributed by atoms with van der Waals surface area (Å²) in [7, 11) is 0. The molecule has 0 amide bonds. The van der Waals surface area contributed by atoms with E-state index in [2.05, 4.69) is 15.2 Å². The van der Waals surface area contributed by atoms with Gasteiger partial charge in [0.1, 0.15) is 0 Å². The topological polar surface area (TPSA) is 38.7 Å². The molecule has 0 aliphatic carbocycles. The van der Waals surface area contributed by atoms with Gasteiger partial charge in [-0.1, -0.05) is 35.9 Å². The Labute approximate surface area is 128 Å². The molecule has 0 N–H and O–H groups in total. The zero-order chi connectivity index (χ0) is 15.7. The number of nitrogens with zero attached hydrogens (tertiary/aromatic N) is 3. The maximum absolute atomic E-state index is 13.0. The largest absolute Gasteiger partial charge is 0.418 e. The van der Waals surface area contributed by atoms with Gasteiger partial charge in [-0.2, -0.15) is 18.3 Å². The third-order valence-corrected chi connectivity index (χ3v) is 3.57. The maximum atomic E-state index is 13.0. The number of hydrogen-bond acceptors (Lipinski definition) is 3. The predicted molar refractivity (Wildman–Crippen MR) is 76.6 cm³/mol. The van der Waals surface area contributed by atoms with Crippen LogP contribution < -0.4 is 0 Å². The van der Waals surface area contributed by atoms with Crippen LogP contribution >= 0.6 is 11.6 Å². The fraction of sp³-hybridized carbons (Fsp3) is 0.133. The number of pyridine rings is 1. The van der Waals surface area contributed by atoms with Gasteiger partial charge >= 0.3 is 6.18 Å². The van der Waals surface area contributed by atoms with Gasteiger partial charge in [0.25, 0.3) is 0 Å². The van der Waals surface area contributed by atoms with Crippen LogP contribution in [0.5, 0.6) is 0 Å². The van der Waals surface area contributed by atoms with E-state index in [-0.39, 0.29) is 17.1 Å². The maximum Gasteiger partial charge on any atom is 0.418 e. The lowest BCUT2D eigenvalue weighted by atomic mass is 10.0. The Morgan fingerprint density at radius 1 is 1.00 bits per heavy atom. The summed E-state index contributed by atoms with van der Waals surface area (Å²) < 4.78 is 39.1. The molecule has 112 valence electrons. The van der Waals surface area contributed by atoms with Crippen LogP contribution in [0, 0.1) is 0 Å². The average molecular weight is 324 g/mol. The van der Waals surface area contributed by atoms with Crippen LogP contribution in [0.1, 0.15) is 16.8 Å². The molecule has 0 unspecified atom stereocenters. The zero-order valence-corrected chi connectivity index (χ0v) is 11.9. The van der Waals surface area contributed by atoms with Crippen molar-refractivity contribution in [2.75, 3.05) is 0 Å². The second-order valence-corrected chi connectivity index (χ2v) is 5.05. The number of aromatic nitrogens is 3. The van der Waals surface area contributed by atoms with Crippen LogP contribution in [0.2, 0.25) is 5.15 Å². The summed E-state index contributed by atoms with van der Waals surface area (Å²) in [5.74, 6) is 0. The quantitative estimate of drug-likeness (QED) is 0.706. The van der Waals surface area contributed by atoms with Crippen molar-refractivity contribution in [2.24, 2.45) is 0 Å². The van der Waals surface area contributed by atoms with Crippen molar-refractivity contribution in [3.05, 3.63) is 64.7 Å². The SMILES string of the molecule is FC(F)(F)c1cnccc1Cc1nnc(Cl)c2ccccc12. The molecule has 1 aromatic carbocycles. The number of hydrogen-bond donors (Lipinski definition) is 0. The van der Waals surface area contributed by atoms with E-state index < -0.39 is 11.7 Å². The Kier molecular flexibility index (Phi) is 3.70. The summed E-state index contributed by atoms with van der Waals surface area (Å²) in [6.07, 6.45) is -2.31. The lowest BCUT2D eigenvalue weighted by molar-refractivity contribution is -0.138. The molecule has 0 fully saturated rings. The van der Waals surface area contributed by atoms with Gasteiger partial charge in [0, 0.05) is 29.6 Å². The molecule has 2 aromatic heterocycles. The number of benzene rings is 1. The molecule has 22 heavy (non-hydrogen) atoms. The molecular weight excluding hydrogens is 315 g/mol. The van der Waals surface area contributed by atoms with Gasteiger partial charge in [0.05, 0.1) is 11.3 Å². The van der Waals surface area contributed by atoms with Gasteiger partial charge < -0.3 is 0 Å². The Bertz CT molecular complexity index is 834. The number of halogens is 4. The Hall–Kier alpha value is -2.21. The van der Waals surface area contributed by atoms with Gasteiger partial charge in [-0.15, -0.1) is 5.10 Å². The van der Waals surface area contributed by atoms with Crippen molar-refractivity contribution in [3.63, 3.8) is 0 Å². The Balaban J connectivity index is 2.11. The molecule has 0 aliphatic rings. The van der Waals surface area contributed by atoms with Gasteiger partial charge in [-0.3, -0.25) is 4.98 Å². The molecule has 0 radical (unpaired) electrons. The number of fused-ring (bicyclic) bond motifs is 1. The molecule has 2 heterocycles. The molecule has 7 heteroatoms. The van der Waals surface area contributed by atoms with Crippen molar-refractivity contribution in [2.45, 2.75) is 12.6 Å². The summed E-state index contributed by atoms with van der Waals surface area (Å²) in [5, 5.41) is 9.35.